The van der Waals surface area contributed by atoms with E-state index in [0.717, 1.165) is 22.4 Å². The Morgan fingerprint density at radius 1 is 1.13 bits per heavy atom. The molecule has 1 aromatic carbocycles. The topological polar surface area (TPSA) is 74.2 Å². The number of ketones is 1. The van der Waals surface area contributed by atoms with E-state index >= 15 is 0 Å². The predicted molar refractivity (Wildman–Crippen MR) is 116 cm³/mol. The van der Waals surface area contributed by atoms with Crippen LogP contribution in [0.25, 0.3) is 0 Å². The number of aryl methyl sites for hydroxylation is 1. The Morgan fingerprint density at radius 2 is 1.87 bits per heavy atom. The zero-order chi connectivity index (χ0) is 22.4. The first-order valence-corrected chi connectivity index (χ1v) is 11.0. The van der Waals surface area contributed by atoms with Crippen molar-refractivity contribution in [1.29, 1.82) is 0 Å². The van der Waals surface area contributed by atoms with Crippen LogP contribution in [0.1, 0.15) is 49.8 Å². The zero-order valence-electron chi connectivity index (χ0n) is 19.2. The number of benzene rings is 1. The van der Waals surface area contributed by atoms with Gasteiger partial charge in [-0.3, -0.25) is 4.79 Å². The maximum absolute atomic E-state index is 13.4. The number of hydrogen-bond acceptors (Lipinski definition) is 6. The van der Waals surface area contributed by atoms with Gasteiger partial charge in [0, 0.05) is 49.4 Å². The Hall–Kier alpha value is -1.73. The van der Waals surface area contributed by atoms with E-state index in [0.29, 0.717) is 19.3 Å². The average molecular weight is 431 g/mol. The highest BCUT2D eigenvalue weighted by Gasteiger charge is 2.71. The van der Waals surface area contributed by atoms with Gasteiger partial charge in [0.1, 0.15) is 23.9 Å². The molecule has 0 unspecified atom stereocenters. The highest BCUT2D eigenvalue weighted by atomic mass is 16.7. The maximum atomic E-state index is 13.4. The van der Waals surface area contributed by atoms with Crippen molar-refractivity contribution in [2.45, 2.75) is 63.6 Å². The third-order valence-corrected chi connectivity index (χ3v) is 8.00. The summed E-state index contributed by atoms with van der Waals surface area (Å²) in [4.78, 5) is 13.4. The van der Waals surface area contributed by atoms with Gasteiger partial charge in [0.05, 0.1) is 6.10 Å². The van der Waals surface area contributed by atoms with Gasteiger partial charge in [0.2, 0.25) is 0 Å². The third-order valence-electron chi connectivity index (χ3n) is 8.00. The number of aliphatic hydroxyl groups is 1. The molecular formula is C25H34O6. The summed E-state index contributed by atoms with van der Waals surface area (Å²) < 4.78 is 22.5. The van der Waals surface area contributed by atoms with Crippen LogP contribution in [-0.2, 0) is 30.8 Å². The van der Waals surface area contributed by atoms with Gasteiger partial charge in [0.15, 0.2) is 6.79 Å². The first-order valence-electron chi connectivity index (χ1n) is 11.0. The van der Waals surface area contributed by atoms with Gasteiger partial charge in [0.25, 0.3) is 0 Å². The van der Waals surface area contributed by atoms with Gasteiger partial charge in [-0.15, -0.1) is 0 Å². The fourth-order valence-electron chi connectivity index (χ4n) is 6.53. The Labute approximate surface area is 184 Å². The summed E-state index contributed by atoms with van der Waals surface area (Å²) >= 11 is 0. The molecule has 1 fully saturated rings. The number of Topliss-reactive ketones (excluding diaryl/α,β-unsaturated/α-hetero) is 1. The quantitative estimate of drug-likeness (QED) is 0.550. The normalized spacial score (nSPS) is 36.5. The molecule has 0 aromatic heterocycles. The second-order valence-corrected chi connectivity index (χ2v) is 9.73. The number of rotatable bonds is 6. The SMILES string of the molecule is COCOc1cc(C)cc2c1C[C@H](OCOC)[C@]1(O)[C@@]2(C)CC(=O)[C@H]2CC=CC[C@]21C. The molecule has 4 rings (SSSR count). The largest absolute Gasteiger partial charge is 0.467 e. The lowest BCUT2D eigenvalue weighted by Crippen LogP contribution is -2.75. The maximum Gasteiger partial charge on any atom is 0.188 e. The molecule has 0 saturated heterocycles. The smallest absolute Gasteiger partial charge is 0.188 e. The Morgan fingerprint density at radius 3 is 2.58 bits per heavy atom. The molecule has 3 aliphatic carbocycles. The standard InChI is InChI=1S/C25H34O6/c1-16-10-19-17(21(11-16)30-14-28-4)12-22(31-15-29-5)25(27)23(2)9-7-6-8-18(23)20(26)13-24(19,25)3/h6-7,10-11,18,22,27H,8-9,12-15H2,1-5H3/t18-,22+,23-,24+,25-/m1/s1. The molecule has 0 aliphatic heterocycles. The minimum atomic E-state index is -1.25. The summed E-state index contributed by atoms with van der Waals surface area (Å²) in [5, 5.41) is 12.7. The minimum Gasteiger partial charge on any atom is -0.467 e. The average Bonchev–Trinajstić information content (AvgIpc) is 2.73. The van der Waals surface area contributed by atoms with Crippen LogP contribution >= 0.6 is 0 Å². The number of carbonyl (C=O) groups excluding carboxylic acids is 1. The second kappa shape index (κ2) is 8.00. The highest BCUT2D eigenvalue weighted by molar-refractivity contribution is 5.86. The van der Waals surface area contributed by atoms with E-state index < -0.39 is 22.5 Å². The van der Waals surface area contributed by atoms with E-state index in [1.165, 1.54) is 0 Å². The van der Waals surface area contributed by atoms with Crippen molar-refractivity contribution in [2.24, 2.45) is 11.3 Å². The number of methoxy groups -OCH3 is 2. The lowest BCUT2D eigenvalue weighted by atomic mass is 9.41. The van der Waals surface area contributed by atoms with Crippen molar-refractivity contribution >= 4 is 5.78 Å². The van der Waals surface area contributed by atoms with Crippen molar-refractivity contribution in [3.05, 3.63) is 41.0 Å². The highest BCUT2D eigenvalue weighted by Crippen LogP contribution is 2.64. The molecule has 0 amide bonds. The number of fused-ring (bicyclic) bond motifs is 5. The van der Waals surface area contributed by atoms with Gasteiger partial charge in [-0.25, -0.2) is 0 Å². The van der Waals surface area contributed by atoms with Crippen LogP contribution < -0.4 is 4.74 Å². The molecule has 1 saturated carbocycles. The van der Waals surface area contributed by atoms with Crippen molar-refractivity contribution in [3.63, 3.8) is 0 Å². The van der Waals surface area contributed by atoms with Crippen LogP contribution in [0, 0.1) is 18.3 Å². The number of ether oxygens (including phenoxy) is 4. The van der Waals surface area contributed by atoms with Crippen LogP contribution in [-0.4, -0.2) is 50.4 Å². The Bertz CT molecular complexity index is 894. The van der Waals surface area contributed by atoms with Crippen molar-refractivity contribution in [1.82, 2.24) is 0 Å². The first kappa shape index (κ1) is 22.5. The molecule has 0 radical (unpaired) electrons. The van der Waals surface area contributed by atoms with Crippen LogP contribution in [0.2, 0.25) is 0 Å². The fourth-order valence-corrected chi connectivity index (χ4v) is 6.53. The van der Waals surface area contributed by atoms with E-state index in [4.69, 9.17) is 18.9 Å². The summed E-state index contributed by atoms with van der Waals surface area (Å²) in [6, 6.07) is 4.08. The molecule has 170 valence electrons. The van der Waals surface area contributed by atoms with Crippen LogP contribution in [0.15, 0.2) is 24.3 Å². The van der Waals surface area contributed by atoms with Crippen LogP contribution in [0.4, 0.5) is 0 Å². The Balaban J connectivity index is 1.95. The molecule has 1 aromatic rings. The summed E-state index contributed by atoms with van der Waals surface area (Å²) in [5.74, 6) is 0.701. The fraction of sp³-hybridized carbons (Fsp3) is 0.640. The molecule has 0 heterocycles. The zero-order valence-corrected chi connectivity index (χ0v) is 19.2. The molecule has 6 nitrogen and oxygen atoms in total. The second-order valence-electron chi connectivity index (χ2n) is 9.73. The van der Waals surface area contributed by atoms with Gasteiger partial charge < -0.3 is 24.1 Å². The van der Waals surface area contributed by atoms with Gasteiger partial charge in [-0.2, -0.15) is 0 Å². The summed E-state index contributed by atoms with van der Waals surface area (Å²) in [7, 11) is 3.17. The number of allylic oxidation sites excluding steroid dienone is 2. The van der Waals surface area contributed by atoms with Crippen LogP contribution in [0.3, 0.4) is 0 Å². The van der Waals surface area contributed by atoms with E-state index in [1.807, 2.05) is 19.9 Å². The molecule has 1 N–H and O–H groups in total. The molecular weight excluding hydrogens is 396 g/mol. The molecule has 3 aliphatic rings. The van der Waals surface area contributed by atoms with Crippen molar-refractivity contribution in [3.8, 4) is 5.75 Å². The van der Waals surface area contributed by atoms with Gasteiger partial charge in [-0.05, 0) is 37.0 Å². The lowest BCUT2D eigenvalue weighted by molar-refractivity contribution is -0.258. The summed E-state index contributed by atoms with van der Waals surface area (Å²) in [6.45, 7) is 6.29. The number of hydrogen-bond donors (Lipinski definition) is 1. The van der Waals surface area contributed by atoms with E-state index in [2.05, 4.69) is 25.1 Å². The summed E-state index contributed by atoms with van der Waals surface area (Å²) in [6.07, 6.45) is 5.67. The van der Waals surface area contributed by atoms with E-state index in [1.54, 1.807) is 14.2 Å². The number of carbonyl (C=O) groups is 1. The molecule has 31 heavy (non-hydrogen) atoms. The van der Waals surface area contributed by atoms with Gasteiger partial charge >= 0.3 is 0 Å². The Kier molecular flexibility index (Phi) is 5.80. The van der Waals surface area contributed by atoms with E-state index in [-0.39, 0.29) is 31.7 Å². The molecule has 0 bridgehead atoms. The first-order chi connectivity index (χ1) is 14.7. The van der Waals surface area contributed by atoms with Gasteiger partial charge in [-0.1, -0.05) is 32.1 Å². The molecule has 0 spiro atoms. The molecule has 5 atom stereocenters. The summed E-state index contributed by atoms with van der Waals surface area (Å²) in [5.41, 5.74) is 0.260. The van der Waals surface area contributed by atoms with Crippen molar-refractivity contribution in [2.75, 3.05) is 27.8 Å². The van der Waals surface area contributed by atoms with Crippen LogP contribution in [0.5, 0.6) is 5.75 Å². The lowest BCUT2D eigenvalue weighted by Gasteiger charge is -2.66. The van der Waals surface area contributed by atoms with E-state index in [9.17, 15) is 9.90 Å². The predicted octanol–water partition coefficient (Wildman–Crippen LogP) is 3.46. The minimum absolute atomic E-state index is 0.0725. The monoisotopic (exact) mass is 430 g/mol. The van der Waals surface area contributed by atoms with Crippen molar-refractivity contribution < 1.29 is 28.8 Å². The third kappa shape index (κ3) is 3.10. The molecule has 6 heteroatoms.